The van der Waals surface area contributed by atoms with Gasteiger partial charge in [0.1, 0.15) is 10.6 Å². The molecule has 0 radical (unpaired) electrons. The maximum Gasteiger partial charge on any atom is 0.265 e. The first kappa shape index (κ1) is 21.4. The smallest absolute Gasteiger partial charge is 0.265 e. The number of benzene rings is 2. The molecule has 1 N–H and O–H groups in total. The first-order valence-electron chi connectivity index (χ1n) is 9.45. The van der Waals surface area contributed by atoms with Crippen molar-refractivity contribution in [3.8, 4) is 5.75 Å². The summed E-state index contributed by atoms with van der Waals surface area (Å²) in [6.07, 6.45) is 1.34. The van der Waals surface area contributed by atoms with Crippen LogP contribution < -0.4 is 13.8 Å². The van der Waals surface area contributed by atoms with Crippen molar-refractivity contribution in [3.63, 3.8) is 0 Å². The first-order valence-corrected chi connectivity index (χ1v) is 12.5. The van der Waals surface area contributed by atoms with Gasteiger partial charge in [-0.05, 0) is 54.7 Å². The Kier molecular flexibility index (Phi) is 6.09. The summed E-state index contributed by atoms with van der Waals surface area (Å²) in [5.74, 6) is 0.542. The van der Waals surface area contributed by atoms with Crippen molar-refractivity contribution in [2.75, 3.05) is 28.4 Å². The maximum atomic E-state index is 13.0. The number of methoxy groups -OCH3 is 1. The van der Waals surface area contributed by atoms with Crippen molar-refractivity contribution in [2.45, 2.75) is 37.5 Å². The fourth-order valence-electron chi connectivity index (χ4n) is 3.26. The molecule has 0 spiro atoms. The normalized spacial score (nSPS) is 16.6. The second kappa shape index (κ2) is 8.23. The Morgan fingerprint density at radius 2 is 1.76 bits per heavy atom. The van der Waals surface area contributed by atoms with Gasteiger partial charge in [0, 0.05) is 12.2 Å². The molecule has 158 valence electrons. The summed E-state index contributed by atoms with van der Waals surface area (Å²) < 4.78 is 59.9. The Bertz CT molecular complexity index is 1080. The van der Waals surface area contributed by atoms with Crippen LogP contribution in [0.4, 0.5) is 11.4 Å². The molecule has 1 saturated heterocycles. The second-order valence-electron chi connectivity index (χ2n) is 7.31. The van der Waals surface area contributed by atoms with Crippen molar-refractivity contribution in [1.82, 2.24) is 0 Å². The molecule has 0 aromatic heterocycles. The van der Waals surface area contributed by atoms with Crippen molar-refractivity contribution < 1.29 is 21.6 Å². The topological polar surface area (TPSA) is 92.8 Å². The van der Waals surface area contributed by atoms with Crippen LogP contribution in [0.2, 0.25) is 0 Å². The van der Waals surface area contributed by atoms with E-state index in [9.17, 15) is 16.8 Å². The van der Waals surface area contributed by atoms with Gasteiger partial charge in [-0.1, -0.05) is 26.0 Å². The number of rotatable bonds is 6. The van der Waals surface area contributed by atoms with Gasteiger partial charge in [0.15, 0.2) is 0 Å². The van der Waals surface area contributed by atoms with E-state index >= 15 is 0 Å². The standard InChI is InChI=1S/C20H26N2O5S2/c1-15(2)16-6-8-17(9-7-16)21-29(25,26)20-14-18(10-11-19(20)27-3)22-12-4-5-13-28(22,23)24/h6-11,14-15,21H,4-5,12-13H2,1-3H3. The van der Waals surface area contributed by atoms with Gasteiger partial charge in [-0.3, -0.25) is 9.03 Å². The van der Waals surface area contributed by atoms with Crippen LogP contribution in [0.25, 0.3) is 0 Å². The van der Waals surface area contributed by atoms with Crippen LogP contribution in [-0.2, 0) is 20.0 Å². The maximum absolute atomic E-state index is 13.0. The van der Waals surface area contributed by atoms with Gasteiger partial charge < -0.3 is 4.74 Å². The van der Waals surface area contributed by atoms with E-state index in [1.54, 1.807) is 18.2 Å². The highest BCUT2D eigenvalue weighted by atomic mass is 32.2. The Morgan fingerprint density at radius 3 is 2.34 bits per heavy atom. The molecule has 0 amide bonds. The lowest BCUT2D eigenvalue weighted by atomic mass is 10.0. The molecular formula is C20H26N2O5S2. The van der Waals surface area contributed by atoms with E-state index in [1.165, 1.54) is 23.5 Å². The van der Waals surface area contributed by atoms with Crippen LogP contribution in [0.15, 0.2) is 47.4 Å². The first-order chi connectivity index (χ1) is 13.6. The lowest BCUT2D eigenvalue weighted by molar-refractivity contribution is 0.403. The fraction of sp³-hybridized carbons (Fsp3) is 0.400. The average molecular weight is 439 g/mol. The molecule has 7 nitrogen and oxygen atoms in total. The Balaban J connectivity index is 1.97. The van der Waals surface area contributed by atoms with Crippen LogP contribution in [0.3, 0.4) is 0 Å². The number of nitrogens with zero attached hydrogens (tertiary/aromatic N) is 1. The Hall–Kier alpha value is -2.26. The molecule has 0 bridgehead atoms. The molecule has 2 aromatic carbocycles. The van der Waals surface area contributed by atoms with Crippen molar-refractivity contribution in [1.29, 1.82) is 0 Å². The number of hydrogen-bond donors (Lipinski definition) is 1. The predicted octanol–water partition coefficient (Wildman–Crippen LogP) is 3.55. The fourth-order valence-corrected chi connectivity index (χ4v) is 6.14. The highest BCUT2D eigenvalue weighted by molar-refractivity contribution is 7.93. The number of hydrogen-bond acceptors (Lipinski definition) is 5. The Morgan fingerprint density at radius 1 is 1.07 bits per heavy atom. The summed E-state index contributed by atoms with van der Waals surface area (Å²) in [6, 6.07) is 11.6. The third kappa shape index (κ3) is 4.67. The summed E-state index contributed by atoms with van der Waals surface area (Å²) in [5.41, 5.74) is 1.84. The molecule has 3 rings (SSSR count). The average Bonchev–Trinajstić information content (AvgIpc) is 2.67. The number of nitrogens with one attached hydrogen (secondary N) is 1. The number of ether oxygens (including phenoxy) is 1. The zero-order chi connectivity index (χ0) is 21.2. The minimum absolute atomic E-state index is 0.0571. The van der Waals surface area contributed by atoms with E-state index in [-0.39, 0.29) is 16.4 Å². The molecule has 1 fully saturated rings. The van der Waals surface area contributed by atoms with E-state index in [0.717, 1.165) is 12.0 Å². The Labute approximate surface area is 172 Å². The highest BCUT2D eigenvalue weighted by Gasteiger charge is 2.28. The van der Waals surface area contributed by atoms with E-state index < -0.39 is 20.0 Å². The summed E-state index contributed by atoms with van der Waals surface area (Å²) in [6.45, 7) is 4.45. The van der Waals surface area contributed by atoms with E-state index in [0.29, 0.717) is 30.3 Å². The molecular weight excluding hydrogens is 412 g/mol. The summed E-state index contributed by atoms with van der Waals surface area (Å²) in [4.78, 5) is -0.105. The molecule has 2 aromatic rings. The van der Waals surface area contributed by atoms with Gasteiger partial charge in [0.25, 0.3) is 10.0 Å². The van der Waals surface area contributed by atoms with Gasteiger partial charge in [-0.25, -0.2) is 16.8 Å². The van der Waals surface area contributed by atoms with Crippen LogP contribution >= 0.6 is 0 Å². The van der Waals surface area contributed by atoms with Crippen molar-refractivity contribution in [3.05, 3.63) is 48.0 Å². The van der Waals surface area contributed by atoms with E-state index in [4.69, 9.17) is 4.74 Å². The molecule has 1 heterocycles. The SMILES string of the molecule is COc1ccc(N2CCCCS2(=O)=O)cc1S(=O)(=O)Nc1ccc(C(C)C)cc1. The highest BCUT2D eigenvalue weighted by Crippen LogP contribution is 2.33. The van der Waals surface area contributed by atoms with Crippen LogP contribution in [-0.4, -0.2) is 36.2 Å². The minimum atomic E-state index is -3.98. The van der Waals surface area contributed by atoms with Gasteiger partial charge >= 0.3 is 0 Å². The van der Waals surface area contributed by atoms with Gasteiger partial charge in [0.2, 0.25) is 10.0 Å². The quantitative estimate of drug-likeness (QED) is 0.745. The number of anilines is 2. The van der Waals surface area contributed by atoms with Crippen molar-refractivity contribution >= 4 is 31.4 Å². The third-order valence-corrected chi connectivity index (χ3v) is 8.18. The monoisotopic (exact) mass is 438 g/mol. The van der Waals surface area contributed by atoms with Crippen molar-refractivity contribution in [2.24, 2.45) is 0 Å². The third-order valence-electron chi connectivity index (χ3n) is 4.90. The zero-order valence-corrected chi connectivity index (χ0v) is 18.4. The summed E-state index contributed by atoms with van der Waals surface area (Å²) >= 11 is 0. The predicted molar refractivity (Wildman–Crippen MR) is 115 cm³/mol. The summed E-state index contributed by atoms with van der Waals surface area (Å²) in [5, 5.41) is 0. The van der Waals surface area contributed by atoms with Gasteiger partial charge in [-0.15, -0.1) is 0 Å². The van der Waals surface area contributed by atoms with Crippen LogP contribution in [0, 0.1) is 0 Å². The molecule has 0 saturated carbocycles. The molecule has 0 aliphatic carbocycles. The van der Waals surface area contributed by atoms with Crippen LogP contribution in [0.5, 0.6) is 5.75 Å². The minimum Gasteiger partial charge on any atom is -0.495 e. The lowest BCUT2D eigenvalue weighted by Gasteiger charge is -2.28. The van der Waals surface area contributed by atoms with Gasteiger partial charge in [-0.2, -0.15) is 0 Å². The molecule has 9 heteroatoms. The van der Waals surface area contributed by atoms with Gasteiger partial charge in [0.05, 0.1) is 18.6 Å². The summed E-state index contributed by atoms with van der Waals surface area (Å²) in [7, 11) is -6.06. The zero-order valence-electron chi connectivity index (χ0n) is 16.8. The molecule has 1 aliphatic heterocycles. The van der Waals surface area contributed by atoms with Crippen LogP contribution in [0.1, 0.15) is 38.2 Å². The number of sulfonamides is 2. The molecule has 29 heavy (non-hydrogen) atoms. The van der Waals surface area contributed by atoms with E-state index in [2.05, 4.69) is 18.6 Å². The van der Waals surface area contributed by atoms with E-state index in [1.807, 2.05) is 12.1 Å². The lowest BCUT2D eigenvalue weighted by Crippen LogP contribution is -2.37. The molecule has 1 aliphatic rings. The second-order valence-corrected chi connectivity index (χ2v) is 11.0. The molecule has 0 atom stereocenters. The largest absolute Gasteiger partial charge is 0.495 e. The molecule has 0 unspecified atom stereocenters.